The minimum Gasteiger partial charge on any atom is -0.396 e. The summed E-state index contributed by atoms with van der Waals surface area (Å²) in [5.74, 6) is 1.30. The second kappa shape index (κ2) is 9.17. The van der Waals surface area contributed by atoms with E-state index in [1.165, 1.54) is 11.1 Å². The van der Waals surface area contributed by atoms with E-state index < -0.39 is 0 Å². The fourth-order valence-corrected chi connectivity index (χ4v) is 4.94. The largest absolute Gasteiger partial charge is 0.396 e. The van der Waals surface area contributed by atoms with Gasteiger partial charge < -0.3 is 10.0 Å². The Labute approximate surface area is 167 Å². The number of hydrogen-bond donors (Lipinski definition) is 1. The molecule has 0 saturated carbocycles. The van der Waals surface area contributed by atoms with Gasteiger partial charge in [-0.1, -0.05) is 42.5 Å². The average molecular weight is 383 g/mol. The first-order chi connectivity index (χ1) is 13.7. The number of benzene rings is 2. The van der Waals surface area contributed by atoms with Gasteiger partial charge >= 0.3 is 0 Å². The van der Waals surface area contributed by atoms with Crippen LogP contribution in [-0.2, 0) is 6.54 Å². The van der Waals surface area contributed by atoms with E-state index in [0.29, 0.717) is 17.8 Å². The zero-order valence-corrected chi connectivity index (χ0v) is 16.5. The highest BCUT2D eigenvalue weighted by Gasteiger charge is 2.34. The summed E-state index contributed by atoms with van der Waals surface area (Å²) in [4.78, 5) is 5.06. The number of nitrogens with zero attached hydrogens (tertiary/aromatic N) is 2. The van der Waals surface area contributed by atoms with Crippen molar-refractivity contribution >= 4 is 0 Å². The lowest BCUT2D eigenvalue weighted by Crippen LogP contribution is -2.39. The molecular formula is C24H31FN2O. The molecule has 4 heteroatoms. The fraction of sp³-hybridized carbons (Fsp3) is 0.500. The molecule has 0 amide bonds. The van der Waals surface area contributed by atoms with Gasteiger partial charge in [0.25, 0.3) is 0 Å². The molecule has 2 saturated heterocycles. The minimum atomic E-state index is -0.155. The molecule has 2 aliphatic heterocycles. The van der Waals surface area contributed by atoms with Gasteiger partial charge in [-0.25, -0.2) is 4.39 Å². The van der Waals surface area contributed by atoms with E-state index in [4.69, 9.17) is 0 Å². The van der Waals surface area contributed by atoms with E-state index in [-0.39, 0.29) is 12.4 Å². The number of likely N-dealkylation sites (tertiary alicyclic amines) is 2. The highest BCUT2D eigenvalue weighted by Crippen LogP contribution is 2.31. The standard InChI is InChI=1S/C24H31FN2O/c25-24-8-6-20(7-9-24)21-10-12-26(13-11-21)15-22-16-27(17-23(22)18-28)14-19-4-2-1-3-5-19/h1-9,21-23,28H,10-18H2/t22-,23+/m1/s1. The molecule has 2 aromatic carbocycles. The van der Waals surface area contributed by atoms with Crippen molar-refractivity contribution in [2.75, 3.05) is 39.3 Å². The monoisotopic (exact) mass is 382 g/mol. The molecule has 28 heavy (non-hydrogen) atoms. The van der Waals surface area contributed by atoms with Gasteiger partial charge in [0.15, 0.2) is 0 Å². The third kappa shape index (κ3) is 4.80. The van der Waals surface area contributed by atoms with Gasteiger partial charge in [-0.15, -0.1) is 0 Å². The third-order valence-electron chi connectivity index (χ3n) is 6.56. The van der Waals surface area contributed by atoms with Crippen LogP contribution in [0.2, 0.25) is 0 Å². The number of rotatable bonds is 6. The number of hydrogen-bond acceptors (Lipinski definition) is 3. The second-order valence-electron chi connectivity index (χ2n) is 8.51. The highest BCUT2D eigenvalue weighted by atomic mass is 19.1. The Morgan fingerprint density at radius 2 is 1.54 bits per heavy atom. The molecule has 2 atom stereocenters. The summed E-state index contributed by atoms with van der Waals surface area (Å²) < 4.78 is 13.2. The predicted octanol–water partition coefficient (Wildman–Crippen LogP) is 3.75. The summed E-state index contributed by atoms with van der Waals surface area (Å²) in [7, 11) is 0. The molecule has 0 aliphatic carbocycles. The van der Waals surface area contributed by atoms with Crippen LogP contribution in [0.25, 0.3) is 0 Å². The van der Waals surface area contributed by atoms with Crippen LogP contribution in [0, 0.1) is 17.7 Å². The lowest BCUT2D eigenvalue weighted by molar-refractivity contribution is 0.143. The highest BCUT2D eigenvalue weighted by molar-refractivity contribution is 5.21. The van der Waals surface area contributed by atoms with Gasteiger partial charge in [-0.3, -0.25) is 4.90 Å². The van der Waals surface area contributed by atoms with Crippen LogP contribution in [-0.4, -0.2) is 54.2 Å². The van der Waals surface area contributed by atoms with Crippen LogP contribution in [0.15, 0.2) is 54.6 Å². The maximum atomic E-state index is 13.2. The van der Waals surface area contributed by atoms with Gasteiger partial charge in [-0.2, -0.15) is 0 Å². The Kier molecular flexibility index (Phi) is 6.40. The van der Waals surface area contributed by atoms with Crippen molar-refractivity contribution < 1.29 is 9.50 Å². The Hall–Kier alpha value is -1.75. The molecule has 3 nitrogen and oxygen atoms in total. The first kappa shape index (κ1) is 19.6. The number of piperidine rings is 1. The molecule has 150 valence electrons. The van der Waals surface area contributed by atoms with Crippen LogP contribution in [0.5, 0.6) is 0 Å². The number of aliphatic hydroxyl groups excluding tert-OH is 1. The molecule has 0 unspecified atom stereocenters. The van der Waals surface area contributed by atoms with E-state index in [2.05, 4.69) is 40.1 Å². The van der Waals surface area contributed by atoms with Crippen molar-refractivity contribution in [1.29, 1.82) is 0 Å². The van der Waals surface area contributed by atoms with E-state index >= 15 is 0 Å². The summed E-state index contributed by atoms with van der Waals surface area (Å²) >= 11 is 0. The number of halogens is 1. The summed E-state index contributed by atoms with van der Waals surface area (Å²) in [6.07, 6.45) is 2.27. The summed E-state index contributed by atoms with van der Waals surface area (Å²) in [6, 6.07) is 17.6. The first-order valence-corrected chi connectivity index (χ1v) is 10.6. The minimum absolute atomic E-state index is 0.155. The van der Waals surface area contributed by atoms with Crippen LogP contribution in [0.3, 0.4) is 0 Å². The quantitative estimate of drug-likeness (QED) is 0.824. The van der Waals surface area contributed by atoms with Crippen LogP contribution >= 0.6 is 0 Å². The van der Waals surface area contributed by atoms with Crippen LogP contribution in [0.1, 0.15) is 29.9 Å². The van der Waals surface area contributed by atoms with E-state index in [1.807, 2.05) is 12.1 Å². The summed E-state index contributed by atoms with van der Waals surface area (Å²) in [5.41, 5.74) is 2.61. The molecule has 0 spiro atoms. The second-order valence-corrected chi connectivity index (χ2v) is 8.51. The maximum Gasteiger partial charge on any atom is 0.123 e. The molecule has 2 aromatic rings. The normalized spacial score (nSPS) is 24.6. The number of aliphatic hydroxyl groups is 1. The summed E-state index contributed by atoms with van der Waals surface area (Å²) in [6.45, 7) is 6.57. The van der Waals surface area contributed by atoms with E-state index in [1.54, 1.807) is 12.1 Å². The van der Waals surface area contributed by atoms with Crippen molar-refractivity contribution in [3.05, 3.63) is 71.5 Å². The molecular weight excluding hydrogens is 351 g/mol. The Morgan fingerprint density at radius 3 is 2.21 bits per heavy atom. The van der Waals surface area contributed by atoms with E-state index in [9.17, 15) is 9.50 Å². The lowest BCUT2D eigenvalue weighted by atomic mass is 9.88. The Balaban J connectivity index is 1.28. The average Bonchev–Trinajstić information content (AvgIpc) is 3.11. The maximum absolute atomic E-state index is 13.2. The summed E-state index contributed by atoms with van der Waals surface area (Å²) in [5, 5.41) is 9.89. The van der Waals surface area contributed by atoms with E-state index in [0.717, 1.165) is 52.1 Å². The Morgan fingerprint density at radius 1 is 0.857 bits per heavy atom. The zero-order valence-electron chi connectivity index (χ0n) is 16.5. The van der Waals surface area contributed by atoms with Crippen molar-refractivity contribution in [2.24, 2.45) is 11.8 Å². The fourth-order valence-electron chi connectivity index (χ4n) is 4.94. The predicted molar refractivity (Wildman–Crippen MR) is 111 cm³/mol. The molecule has 4 rings (SSSR count). The van der Waals surface area contributed by atoms with Gasteiger partial charge in [0.05, 0.1) is 0 Å². The van der Waals surface area contributed by atoms with Crippen LogP contribution in [0.4, 0.5) is 4.39 Å². The molecule has 0 aromatic heterocycles. The van der Waals surface area contributed by atoms with Crippen molar-refractivity contribution in [3.63, 3.8) is 0 Å². The molecule has 2 fully saturated rings. The lowest BCUT2D eigenvalue weighted by Gasteiger charge is -2.34. The SMILES string of the molecule is OC[C@@H]1CN(Cc2ccccc2)C[C@H]1CN1CCC(c2ccc(F)cc2)CC1. The Bertz CT molecular complexity index is 728. The molecule has 1 N–H and O–H groups in total. The van der Waals surface area contributed by atoms with Crippen molar-refractivity contribution in [1.82, 2.24) is 9.80 Å². The van der Waals surface area contributed by atoms with Gasteiger partial charge in [0.2, 0.25) is 0 Å². The first-order valence-electron chi connectivity index (χ1n) is 10.6. The van der Waals surface area contributed by atoms with Gasteiger partial charge in [0, 0.05) is 32.8 Å². The van der Waals surface area contributed by atoms with Crippen molar-refractivity contribution in [3.8, 4) is 0 Å². The van der Waals surface area contributed by atoms with Gasteiger partial charge in [0.1, 0.15) is 5.82 Å². The zero-order chi connectivity index (χ0) is 19.3. The van der Waals surface area contributed by atoms with Gasteiger partial charge in [-0.05, 0) is 66.9 Å². The topological polar surface area (TPSA) is 26.7 Å². The smallest absolute Gasteiger partial charge is 0.123 e. The molecule has 0 bridgehead atoms. The van der Waals surface area contributed by atoms with Crippen molar-refractivity contribution in [2.45, 2.75) is 25.3 Å². The molecule has 2 heterocycles. The van der Waals surface area contributed by atoms with Crippen LogP contribution < -0.4 is 0 Å². The third-order valence-corrected chi connectivity index (χ3v) is 6.56. The molecule has 2 aliphatic rings. The molecule has 0 radical (unpaired) electrons.